The van der Waals surface area contributed by atoms with Crippen molar-refractivity contribution in [3.8, 4) is 0 Å². The molecule has 0 aromatic heterocycles. The van der Waals surface area contributed by atoms with Crippen LogP contribution in [0.5, 0.6) is 0 Å². The molecule has 3 nitrogen and oxygen atoms in total. The molecule has 4 fully saturated rings. The Bertz CT molecular complexity index is 550. The summed E-state index contributed by atoms with van der Waals surface area (Å²) in [5, 5.41) is 32.9. The van der Waals surface area contributed by atoms with Gasteiger partial charge in [-0.25, -0.2) is 0 Å². The molecule has 3 heteroatoms. The zero-order chi connectivity index (χ0) is 19.6. The predicted octanol–water partition coefficient (Wildman–Crippen LogP) is 4.38. The molecule has 0 spiro atoms. The molecule has 0 aromatic carbocycles. The Kier molecular flexibility index (Phi) is 5.22. The summed E-state index contributed by atoms with van der Waals surface area (Å²) in [7, 11) is 0. The third kappa shape index (κ3) is 2.86. The summed E-state index contributed by atoms with van der Waals surface area (Å²) < 4.78 is 0. The Morgan fingerprint density at radius 2 is 1.70 bits per heavy atom. The topological polar surface area (TPSA) is 60.7 Å². The first-order valence-corrected chi connectivity index (χ1v) is 11.8. The molecule has 11 atom stereocenters. The van der Waals surface area contributed by atoms with Crippen LogP contribution in [0, 0.1) is 46.3 Å². The molecule has 4 rings (SSSR count). The highest BCUT2D eigenvalue weighted by atomic mass is 16.3. The fraction of sp³-hybridized carbons (Fsp3) is 1.00. The molecule has 1 unspecified atom stereocenters. The van der Waals surface area contributed by atoms with Crippen molar-refractivity contribution in [3.63, 3.8) is 0 Å². The van der Waals surface area contributed by atoms with Crippen molar-refractivity contribution in [3.05, 3.63) is 0 Å². The van der Waals surface area contributed by atoms with Gasteiger partial charge < -0.3 is 15.3 Å². The minimum Gasteiger partial charge on any atom is -0.393 e. The van der Waals surface area contributed by atoms with E-state index in [1.807, 2.05) is 0 Å². The van der Waals surface area contributed by atoms with Crippen LogP contribution in [0.25, 0.3) is 0 Å². The standard InChI is InChI=1S/C24H42O3/c1-5-6-14(2)17-7-8-18-22-19(13-21(27)24(17,18)4)23(3)10-9-16(25)11-15(23)12-20(22)26/h14-22,25-27H,5-13H2,1-4H3/t14-,15+,16-,17-,18+,19?,20-,21+,22+,23+,24-/m1/s1. The van der Waals surface area contributed by atoms with Gasteiger partial charge in [-0.1, -0.05) is 40.5 Å². The molecule has 3 N–H and O–H groups in total. The van der Waals surface area contributed by atoms with E-state index in [1.165, 1.54) is 25.7 Å². The van der Waals surface area contributed by atoms with Crippen molar-refractivity contribution in [2.24, 2.45) is 46.3 Å². The van der Waals surface area contributed by atoms with Gasteiger partial charge in [0.2, 0.25) is 0 Å². The summed E-state index contributed by atoms with van der Waals surface area (Å²) in [6.07, 6.45) is 8.64. The summed E-state index contributed by atoms with van der Waals surface area (Å²) in [5.74, 6) is 2.86. The van der Waals surface area contributed by atoms with Gasteiger partial charge in [-0.15, -0.1) is 0 Å². The molecule has 0 aromatic rings. The molecule has 156 valence electrons. The van der Waals surface area contributed by atoms with Gasteiger partial charge in [0.1, 0.15) is 0 Å². The van der Waals surface area contributed by atoms with Gasteiger partial charge in [0.15, 0.2) is 0 Å². The SMILES string of the molecule is CCC[C@@H](C)[C@H]1CC[C@H]2[C@H]3C(C[C@H](O)[C@]12C)[C@@]1(C)CC[C@@H](O)C[C@H]1C[C@H]3O. The molecule has 0 saturated heterocycles. The molecule has 0 amide bonds. The maximum Gasteiger partial charge on any atom is 0.0602 e. The highest BCUT2D eigenvalue weighted by molar-refractivity contribution is 5.14. The summed E-state index contributed by atoms with van der Waals surface area (Å²) in [5.41, 5.74) is 0.146. The number of hydrogen-bond acceptors (Lipinski definition) is 3. The Morgan fingerprint density at radius 1 is 0.963 bits per heavy atom. The number of rotatable bonds is 3. The Labute approximate surface area is 165 Å². The van der Waals surface area contributed by atoms with E-state index in [1.54, 1.807) is 0 Å². The van der Waals surface area contributed by atoms with Crippen molar-refractivity contribution in [2.45, 2.75) is 104 Å². The van der Waals surface area contributed by atoms with E-state index in [0.717, 1.165) is 32.1 Å². The number of hydrogen-bond donors (Lipinski definition) is 3. The van der Waals surface area contributed by atoms with Gasteiger partial charge in [-0.3, -0.25) is 0 Å². The van der Waals surface area contributed by atoms with Crippen LogP contribution in [0.15, 0.2) is 0 Å². The van der Waals surface area contributed by atoms with Gasteiger partial charge in [0.05, 0.1) is 18.3 Å². The van der Waals surface area contributed by atoms with Crippen LogP contribution in [0.1, 0.15) is 85.5 Å². The first-order valence-electron chi connectivity index (χ1n) is 11.8. The molecule has 0 radical (unpaired) electrons. The normalized spacial score (nSPS) is 56.1. The first-order chi connectivity index (χ1) is 12.7. The number of fused-ring (bicyclic) bond motifs is 5. The van der Waals surface area contributed by atoms with E-state index < -0.39 is 0 Å². The Hall–Kier alpha value is -0.120. The second kappa shape index (κ2) is 6.99. The lowest BCUT2D eigenvalue weighted by molar-refractivity contribution is -0.207. The van der Waals surface area contributed by atoms with Crippen LogP contribution < -0.4 is 0 Å². The number of aliphatic hydroxyl groups is 3. The van der Waals surface area contributed by atoms with E-state index in [0.29, 0.717) is 35.5 Å². The maximum absolute atomic E-state index is 11.5. The highest BCUT2D eigenvalue weighted by Gasteiger charge is 2.65. The lowest BCUT2D eigenvalue weighted by Crippen LogP contribution is -2.62. The molecule has 27 heavy (non-hydrogen) atoms. The fourth-order valence-corrected chi connectivity index (χ4v) is 8.79. The van der Waals surface area contributed by atoms with Crippen molar-refractivity contribution in [1.29, 1.82) is 0 Å². The maximum atomic E-state index is 11.5. The third-order valence-electron chi connectivity index (χ3n) is 10.3. The summed E-state index contributed by atoms with van der Waals surface area (Å²) in [6.45, 7) is 9.42. The quantitative estimate of drug-likeness (QED) is 0.683. The van der Waals surface area contributed by atoms with E-state index in [9.17, 15) is 15.3 Å². The molecule has 0 bridgehead atoms. The zero-order valence-electron chi connectivity index (χ0n) is 17.9. The van der Waals surface area contributed by atoms with Crippen LogP contribution in [-0.2, 0) is 0 Å². The van der Waals surface area contributed by atoms with E-state index in [-0.39, 0.29) is 29.1 Å². The van der Waals surface area contributed by atoms with Crippen molar-refractivity contribution < 1.29 is 15.3 Å². The van der Waals surface area contributed by atoms with E-state index >= 15 is 0 Å². The molecule has 0 heterocycles. The monoisotopic (exact) mass is 378 g/mol. The van der Waals surface area contributed by atoms with Crippen molar-refractivity contribution in [2.75, 3.05) is 0 Å². The fourth-order valence-electron chi connectivity index (χ4n) is 8.79. The lowest BCUT2D eigenvalue weighted by atomic mass is 9.43. The number of aliphatic hydroxyl groups excluding tert-OH is 3. The predicted molar refractivity (Wildman–Crippen MR) is 108 cm³/mol. The lowest BCUT2D eigenvalue weighted by Gasteiger charge is -2.63. The van der Waals surface area contributed by atoms with Crippen molar-refractivity contribution >= 4 is 0 Å². The molecule has 4 saturated carbocycles. The van der Waals surface area contributed by atoms with Crippen LogP contribution in [0.3, 0.4) is 0 Å². The van der Waals surface area contributed by atoms with Crippen LogP contribution in [-0.4, -0.2) is 33.6 Å². The van der Waals surface area contributed by atoms with Crippen molar-refractivity contribution in [1.82, 2.24) is 0 Å². The third-order valence-corrected chi connectivity index (χ3v) is 10.3. The molecule has 0 aliphatic heterocycles. The molecular formula is C24H42O3. The minimum absolute atomic E-state index is 0.0336. The second-order valence-electron chi connectivity index (χ2n) is 11.3. The summed E-state index contributed by atoms with van der Waals surface area (Å²) >= 11 is 0. The Morgan fingerprint density at radius 3 is 2.41 bits per heavy atom. The largest absolute Gasteiger partial charge is 0.393 e. The van der Waals surface area contributed by atoms with Crippen LogP contribution >= 0.6 is 0 Å². The zero-order valence-corrected chi connectivity index (χ0v) is 17.9. The summed E-state index contributed by atoms with van der Waals surface area (Å²) in [4.78, 5) is 0. The first kappa shape index (κ1) is 20.2. The van der Waals surface area contributed by atoms with Gasteiger partial charge in [-0.2, -0.15) is 0 Å². The van der Waals surface area contributed by atoms with Gasteiger partial charge in [0, 0.05) is 0 Å². The Balaban J connectivity index is 1.66. The molecule has 4 aliphatic carbocycles. The molecular weight excluding hydrogens is 336 g/mol. The van der Waals surface area contributed by atoms with Crippen LogP contribution in [0.2, 0.25) is 0 Å². The minimum atomic E-state index is -0.254. The van der Waals surface area contributed by atoms with E-state index in [2.05, 4.69) is 27.7 Å². The average Bonchev–Trinajstić information content (AvgIpc) is 2.96. The smallest absolute Gasteiger partial charge is 0.0602 e. The van der Waals surface area contributed by atoms with Gasteiger partial charge in [-0.05, 0) is 91.3 Å². The average molecular weight is 379 g/mol. The highest BCUT2D eigenvalue weighted by Crippen LogP contribution is 2.68. The second-order valence-corrected chi connectivity index (χ2v) is 11.3. The summed E-state index contributed by atoms with van der Waals surface area (Å²) in [6, 6.07) is 0. The van der Waals surface area contributed by atoms with Gasteiger partial charge in [0.25, 0.3) is 0 Å². The molecule has 4 aliphatic rings. The van der Waals surface area contributed by atoms with E-state index in [4.69, 9.17) is 0 Å². The van der Waals surface area contributed by atoms with Crippen LogP contribution in [0.4, 0.5) is 0 Å². The van der Waals surface area contributed by atoms with Gasteiger partial charge >= 0.3 is 0 Å².